The van der Waals surface area contributed by atoms with Crippen molar-refractivity contribution >= 4 is 29.0 Å². The summed E-state index contributed by atoms with van der Waals surface area (Å²) in [6, 6.07) is 8.98. The minimum atomic E-state index is -4.70. The van der Waals surface area contributed by atoms with Crippen LogP contribution in [0.3, 0.4) is 0 Å². The molecule has 0 radical (unpaired) electrons. The van der Waals surface area contributed by atoms with Crippen molar-refractivity contribution in [3.8, 4) is 11.5 Å². The molecule has 0 saturated heterocycles. The van der Waals surface area contributed by atoms with E-state index in [9.17, 15) is 28.1 Å². The van der Waals surface area contributed by atoms with Crippen LogP contribution in [-0.4, -0.2) is 21.6 Å². The normalized spacial score (nSPS) is 11.4. The number of aromatic nitrogens is 1. The van der Waals surface area contributed by atoms with Gasteiger partial charge in [-0.1, -0.05) is 6.07 Å². The molecule has 0 saturated carbocycles. The summed E-state index contributed by atoms with van der Waals surface area (Å²) in [6.07, 6.45) is -4.70. The molecule has 0 atom stereocenters. The Balaban J connectivity index is 1.69. The maximum Gasteiger partial charge on any atom is 0.416 e. The van der Waals surface area contributed by atoms with E-state index in [1.165, 1.54) is 0 Å². The molecule has 1 amide bonds. The summed E-state index contributed by atoms with van der Waals surface area (Å²) >= 11 is 0.776. The van der Waals surface area contributed by atoms with Crippen LogP contribution in [-0.2, 0) is 11.0 Å². The zero-order valence-corrected chi connectivity index (χ0v) is 17.1. The first-order valence-electron chi connectivity index (χ1n) is 8.87. The standard InChI is InChI=1S/C20H16F3N3O4S/c1-11-12(2)30-19(24-11)13-4-3-5-15(8-13)25-18(27)10-31-17-7-6-14(20(21,22)23)9-16(17)26(28)29/h3-9H,10H2,1-2H3,(H,25,27). The van der Waals surface area contributed by atoms with Crippen LogP contribution < -0.4 is 5.32 Å². The van der Waals surface area contributed by atoms with Crippen molar-refractivity contribution in [2.75, 3.05) is 11.1 Å². The quantitative estimate of drug-likeness (QED) is 0.297. The van der Waals surface area contributed by atoms with E-state index in [1.54, 1.807) is 31.2 Å². The first-order chi connectivity index (χ1) is 14.5. The number of nitrogens with zero attached hydrogens (tertiary/aromatic N) is 2. The highest BCUT2D eigenvalue weighted by molar-refractivity contribution is 8.00. The maximum absolute atomic E-state index is 12.8. The largest absolute Gasteiger partial charge is 0.441 e. The number of rotatable bonds is 6. The van der Waals surface area contributed by atoms with E-state index >= 15 is 0 Å². The summed E-state index contributed by atoms with van der Waals surface area (Å²) in [5, 5.41) is 13.8. The van der Waals surface area contributed by atoms with Gasteiger partial charge in [0.15, 0.2) is 0 Å². The number of benzene rings is 2. The number of oxazole rings is 1. The molecule has 1 aromatic heterocycles. The third-order valence-electron chi connectivity index (χ3n) is 4.26. The van der Waals surface area contributed by atoms with Gasteiger partial charge in [0.05, 0.1) is 26.8 Å². The molecule has 162 valence electrons. The predicted molar refractivity (Wildman–Crippen MR) is 109 cm³/mol. The average molecular weight is 451 g/mol. The first-order valence-corrected chi connectivity index (χ1v) is 9.86. The van der Waals surface area contributed by atoms with Crippen molar-refractivity contribution in [3.63, 3.8) is 0 Å². The Hall–Kier alpha value is -3.34. The van der Waals surface area contributed by atoms with Crippen LogP contribution in [0.4, 0.5) is 24.5 Å². The third-order valence-corrected chi connectivity index (χ3v) is 5.33. The van der Waals surface area contributed by atoms with Gasteiger partial charge in [-0.2, -0.15) is 13.2 Å². The van der Waals surface area contributed by atoms with E-state index in [0.29, 0.717) is 29.0 Å². The molecule has 0 aliphatic carbocycles. The third kappa shape index (κ3) is 5.43. The molecule has 2 aromatic carbocycles. The van der Waals surface area contributed by atoms with Gasteiger partial charge in [0.2, 0.25) is 11.8 Å². The van der Waals surface area contributed by atoms with Crippen LogP contribution in [0.2, 0.25) is 0 Å². The van der Waals surface area contributed by atoms with Crippen molar-refractivity contribution in [1.29, 1.82) is 0 Å². The smallest absolute Gasteiger partial charge is 0.416 e. The number of hydrogen-bond donors (Lipinski definition) is 1. The Morgan fingerprint density at radius 3 is 2.58 bits per heavy atom. The Labute approximate surface area is 178 Å². The lowest BCUT2D eigenvalue weighted by Gasteiger charge is -2.09. The summed E-state index contributed by atoms with van der Waals surface area (Å²) in [5.41, 5.74) is 0.0311. The highest BCUT2D eigenvalue weighted by atomic mass is 32.2. The zero-order chi connectivity index (χ0) is 22.8. The van der Waals surface area contributed by atoms with Gasteiger partial charge < -0.3 is 9.73 Å². The van der Waals surface area contributed by atoms with Crippen LogP contribution in [0.15, 0.2) is 51.8 Å². The van der Waals surface area contributed by atoms with Gasteiger partial charge in [-0.25, -0.2) is 4.98 Å². The molecular formula is C20H16F3N3O4S. The van der Waals surface area contributed by atoms with E-state index in [1.807, 2.05) is 6.92 Å². The van der Waals surface area contributed by atoms with E-state index < -0.39 is 28.3 Å². The number of hydrogen-bond acceptors (Lipinski definition) is 6. The zero-order valence-electron chi connectivity index (χ0n) is 16.3. The molecule has 3 aromatic rings. The Morgan fingerprint density at radius 1 is 1.23 bits per heavy atom. The summed E-state index contributed by atoms with van der Waals surface area (Å²) in [5.74, 6) is 0.379. The fourth-order valence-corrected chi connectivity index (χ4v) is 3.43. The number of carbonyl (C=O) groups excluding carboxylic acids is 1. The van der Waals surface area contributed by atoms with Crippen molar-refractivity contribution in [1.82, 2.24) is 4.98 Å². The van der Waals surface area contributed by atoms with E-state index in [0.717, 1.165) is 29.6 Å². The minimum Gasteiger partial charge on any atom is -0.441 e. The van der Waals surface area contributed by atoms with Gasteiger partial charge in [0, 0.05) is 17.3 Å². The molecule has 1 N–H and O–H groups in total. The lowest BCUT2D eigenvalue weighted by molar-refractivity contribution is -0.388. The monoisotopic (exact) mass is 451 g/mol. The number of nitrogens with one attached hydrogen (secondary N) is 1. The van der Waals surface area contributed by atoms with Crippen molar-refractivity contribution < 1.29 is 27.3 Å². The molecule has 11 heteroatoms. The lowest BCUT2D eigenvalue weighted by Crippen LogP contribution is -2.14. The number of carbonyl (C=O) groups is 1. The number of aryl methyl sites for hydroxylation is 2. The molecule has 0 aliphatic heterocycles. The molecule has 0 unspecified atom stereocenters. The van der Waals surface area contributed by atoms with Crippen LogP contribution in [0, 0.1) is 24.0 Å². The van der Waals surface area contributed by atoms with Gasteiger partial charge in [0.1, 0.15) is 5.76 Å². The molecular weight excluding hydrogens is 435 g/mol. The summed E-state index contributed by atoms with van der Waals surface area (Å²) < 4.78 is 43.9. The lowest BCUT2D eigenvalue weighted by atomic mass is 10.2. The predicted octanol–water partition coefficient (Wildman–Crippen LogP) is 5.62. The Morgan fingerprint density at radius 2 is 1.97 bits per heavy atom. The van der Waals surface area contributed by atoms with Crippen LogP contribution in [0.5, 0.6) is 0 Å². The SMILES string of the molecule is Cc1nc(-c2cccc(NC(=O)CSc3ccc(C(F)(F)F)cc3[N+](=O)[O-])c2)oc1C. The van der Waals surface area contributed by atoms with E-state index in [-0.39, 0.29) is 10.6 Å². The number of thioether (sulfide) groups is 1. The van der Waals surface area contributed by atoms with E-state index in [2.05, 4.69) is 10.3 Å². The summed E-state index contributed by atoms with van der Waals surface area (Å²) in [6.45, 7) is 3.60. The molecule has 0 aliphatic rings. The molecule has 0 spiro atoms. The highest BCUT2D eigenvalue weighted by Crippen LogP contribution is 2.36. The molecule has 1 heterocycles. The summed E-state index contributed by atoms with van der Waals surface area (Å²) in [7, 11) is 0. The van der Waals surface area contributed by atoms with Gasteiger partial charge in [-0.3, -0.25) is 14.9 Å². The number of alkyl halides is 3. The fraction of sp³-hybridized carbons (Fsp3) is 0.200. The van der Waals surface area contributed by atoms with Gasteiger partial charge in [0.25, 0.3) is 5.69 Å². The average Bonchev–Trinajstić information content (AvgIpc) is 3.04. The van der Waals surface area contributed by atoms with Crippen molar-refractivity contribution in [3.05, 3.63) is 69.6 Å². The molecule has 3 rings (SSSR count). The number of anilines is 1. The number of nitro benzene ring substituents is 1. The van der Waals surface area contributed by atoms with E-state index in [4.69, 9.17) is 4.42 Å². The number of amides is 1. The topological polar surface area (TPSA) is 98.3 Å². The van der Waals surface area contributed by atoms with Crippen LogP contribution in [0.25, 0.3) is 11.5 Å². The molecule has 7 nitrogen and oxygen atoms in total. The second-order valence-electron chi connectivity index (χ2n) is 6.52. The number of halogens is 3. The highest BCUT2D eigenvalue weighted by Gasteiger charge is 2.33. The van der Waals surface area contributed by atoms with Gasteiger partial charge in [-0.15, -0.1) is 11.8 Å². The van der Waals surface area contributed by atoms with Gasteiger partial charge in [-0.05, 0) is 44.2 Å². The van der Waals surface area contributed by atoms with Gasteiger partial charge >= 0.3 is 6.18 Å². The minimum absolute atomic E-state index is 0.0346. The molecule has 31 heavy (non-hydrogen) atoms. The second-order valence-corrected chi connectivity index (χ2v) is 7.53. The maximum atomic E-state index is 12.8. The molecule has 0 fully saturated rings. The summed E-state index contributed by atoms with van der Waals surface area (Å²) in [4.78, 5) is 26.8. The number of nitro groups is 1. The first kappa shape index (κ1) is 22.3. The van der Waals surface area contributed by atoms with Crippen LogP contribution in [0.1, 0.15) is 17.0 Å². The van der Waals surface area contributed by atoms with Crippen molar-refractivity contribution in [2.24, 2.45) is 0 Å². The van der Waals surface area contributed by atoms with Crippen molar-refractivity contribution in [2.45, 2.75) is 24.9 Å². The Bertz CT molecular complexity index is 1130. The molecule has 0 bridgehead atoms. The fourth-order valence-electron chi connectivity index (χ4n) is 2.62. The van der Waals surface area contributed by atoms with Crippen LogP contribution >= 0.6 is 11.8 Å². The Kier molecular flexibility index (Phi) is 6.34. The second kappa shape index (κ2) is 8.80.